The molecule has 1 saturated heterocycles. The number of aromatic nitrogens is 2. The number of nitrogens with zero attached hydrogens (tertiary/aromatic N) is 3. The quantitative estimate of drug-likeness (QED) is 0.268. The average Bonchev–Trinajstić information content (AvgIpc) is 2.98. The molecule has 1 N–H and O–H groups in total. The number of ether oxygens (including phenoxy) is 2. The van der Waals surface area contributed by atoms with Gasteiger partial charge in [-0.1, -0.05) is 18.2 Å². The standard InChI is InChI=1S/C31H31FN4O5S/c1-21-20-40-18-17-36(21)28-19-27(31(2,3)42(38,39)26-15-11-23(32)12-16-26)34-29(35-28)22-9-13-24(14-10-22)33-30(37)41-25-7-5-4-6-8-25/h4-16,19,21H,17-18,20H2,1-3H3,(H,33,37)/t21-/m0/s1. The number of hydrogen-bond acceptors (Lipinski definition) is 8. The van der Waals surface area contributed by atoms with Gasteiger partial charge in [-0.15, -0.1) is 0 Å². The van der Waals surface area contributed by atoms with E-state index in [9.17, 15) is 17.6 Å². The molecule has 1 amide bonds. The number of carbonyl (C=O) groups excluding carboxylic acids is 1. The second-order valence-electron chi connectivity index (χ2n) is 10.4. The smallest absolute Gasteiger partial charge is 0.410 e. The molecule has 2 heterocycles. The van der Waals surface area contributed by atoms with Gasteiger partial charge in [-0.05, 0) is 81.4 Å². The minimum absolute atomic E-state index is 0.00633. The molecule has 1 aromatic heterocycles. The predicted octanol–water partition coefficient (Wildman–Crippen LogP) is 5.83. The summed E-state index contributed by atoms with van der Waals surface area (Å²) in [5.74, 6) is 0.787. The number of amides is 1. The van der Waals surface area contributed by atoms with E-state index >= 15 is 0 Å². The Kier molecular flexibility index (Phi) is 8.24. The molecular weight excluding hydrogens is 559 g/mol. The monoisotopic (exact) mass is 590 g/mol. The minimum atomic E-state index is -3.98. The van der Waals surface area contributed by atoms with Crippen molar-refractivity contribution < 1.29 is 27.1 Å². The summed E-state index contributed by atoms with van der Waals surface area (Å²) in [6.07, 6.45) is -0.636. The van der Waals surface area contributed by atoms with Gasteiger partial charge >= 0.3 is 6.09 Å². The average molecular weight is 591 g/mol. The Bertz CT molecular complexity index is 1660. The van der Waals surface area contributed by atoms with Crippen LogP contribution >= 0.6 is 0 Å². The van der Waals surface area contributed by atoms with Gasteiger partial charge in [0.15, 0.2) is 15.7 Å². The number of benzene rings is 3. The Morgan fingerprint density at radius 3 is 2.38 bits per heavy atom. The molecule has 3 aromatic carbocycles. The van der Waals surface area contributed by atoms with Crippen molar-refractivity contribution in [1.29, 1.82) is 0 Å². The first-order valence-corrected chi connectivity index (χ1v) is 14.9. The van der Waals surface area contributed by atoms with Crippen molar-refractivity contribution in [3.05, 3.63) is 96.4 Å². The van der Waals surface area contributed by atoms with E-state index in [0.717, 1.165) is 12.1 Å². The van der Waals surface area contributed by atoms with Crippen LogP contribution in [0.1, 0.15) is 26.5 Å². The lowest BCUT2D eigenvalue weighted by atomic mass is 10.1. The topological polar surface area (TPSA) is 111 Å². The highest BCUT2D eigenvalue weighted by molar-refractivity contribution is 7.92. The summed E-state index contributed by atoms with van der Waals surface area (Å²) in [6, 6.07) is 22.0. The number of sulfone groups is 1. The van der Waals surface area contributed by atoms with E-state index in [1.165, 1.54) is 12.1 Å². The number of carbonyl (C=O) groups is 1. The molecular formula is C31H31FN4O5S. The molecule has 11 heteroatoms. The van der Waals surface area contributed by atoms with E-state index in [2.05, 4.69) is 10.2 Å². The number of nitrogens with one attached hydrogen (secondary N) is 1. The third-order valence-corrected chi connectivity index (χ3v) is 9.58. The molecule has 1 aliphatic rings. The Hall–Kier alpha value is -4.35. The maximum atomic E-state index is 13.8. The van der Waals surface area contributed by atoms with E-state index in [1.807, 2.05) is 13.0 Å². The zero-order chi connectivity index (χ0) is 29.9. The third kappa shape index (κ3) is 6.12. The first-order chi connectivity index (χ1) is 20.0. The van der Waals surface area contributed by atoms with Crippen molar-refractivity contribution in [3.8, 4) is 17.1 Å². The second kappa shape index (κ2) is 11.9. The lowest BCUT2D eigenvalue weighted by Gasteiger charge is -2.35. The molecule has 0 saturated carbocycles. The summed E-state index contributed by atoms with van der Waals surface area (Å²) in [5, 5.41) is 2.69. The number of halogens is 1. The van der Waals surface area contributed by atoms with Crippen molar-refractivity contribution >= 4 is 27.4 Å². The highest BCUT2D eigenvalue weighted by Crippen LogP contribution is 2.37. The van der Waals surface area contributed by atoms with E-state index in [1.54, 1.807) is 68.4 Å². The molecule has 1 aliphatic heterocycles. The van der Waals surface area contributed by atoms with Gasteiger partial charge in [-0.3, -0.25) is 5.32 Å². The van der Waals surface area contributed by atoms with Gasteiger partial charge in [0, 0.05) is 23.9 Å². The maximum Gasteiger partial charge on any atom is 0.417 e. The molecule has 5 rings (SSSR count). The zero-order valence-corrected chi connectivity index (χ0v) is 24.3. The van der Waals surface area contributed by atoms with Crippen LogP contribution in [0.5, 0.6) is 5.75 Å². The Morgan fingerprint density at radius 2 is 1.71 bits per heavy atom. The van der Waals surface area contributed by atoms with Crippen molar-refractivity contribution in [2.24, 2.45) is 0 Å². The Balaban J connectivity index is 1.49. The zero-order valence-electron chi connectivity index (χ0n) is 23.5. The highest BCUT2D eigenvalue weighted by Gasteiger charge is 2.40. The largest absolute Gasteiger partial charge is 0.417 e. The summed E-state index contributed by atoms with van der Waals surface area (Å²) < 4.78 is 50.5. The minimum Gasteiger partial charge on any atom is -0.410 e. The Morgan fingerprint density at radius 1 is 1.02 bits per heavy atom. The van der Waals surface area contributed by atoms with Crippen LogP contribution in [0, 0.1) is 5.82 Å². The van der Waals surface area contributed by atoms with Crippen LogP contribution in [0.25, 0.3) is 11.4 Å². The molecule has 0 aliphatic carbocycles. The third-order valence-electron chi connectivity index (χ3n) is 7.13. The summed E-state index contributed by atoms with van der Waals surface area (Å²) in [4.78, 5) is 23.9. The number of hydrogen-bond donors (Lipinski definition) is 1. The number of morpholine rings is 1. The van der Waals surface area contributed by atoms with Crippen LogP contribution in [0.4, 0.5) is 20.7 Å². The molecule has 1 fully saturated rings. The first kappa shape index (κ1) is 29.2. The maximum absolute atomic E-state index is 13.8. The van der Waals surface area contributed by atoms with Gasteiger partial charge in [0.2, 0.25) is 0 Å². The van der Waals surface area contributed by atoms with Gasteiger partial charge in [0.25, 0.3) is 0 Å². The van der Waals surface area contributed by atoms with Crippen molar-refractivity contribution in [2.75, 3.05) is 30.0 Å². The van der Waals surface area contributed by atoms with Crippen LogP contribution in [0.2, 0.25) is 0 Å². The number of rotatable bonds is 7. The predicted molar refractivity (Wildman–Crippen MR) is 158 cm³/mol. The molecule has 0 bridgehead atoms. The lowest BCUT2D eigenvalue weighted by molar-refractivity contribution is 0.0985. The number of para-hydroxylation sites is 1. The molecule has 218 valence electrons. The molecule has 4 aromatic rings. The molecule has 1 atom stereocenters. The summed E-state index contributed by atoms with van der Waals surface area (Å²) in [5.41, 5.74) is 1.41. The van der Waals surface area contributed by atoms with Gasteiger partial charge in [-0.25, -0.2) is 27.6 Å². The van der Waals surface area contributed by atoms with E-state index in [0.29, 0.717) is 54.1 Å². The van der Waals surface area contributed by atoms with Gasteiger partial charge in [-0.2, -0.15) is 0 Å². The molecule has 9 nitrogen and oxygen atoms in total. The summed E-state index contributed by atoms with van der Waals surface area (Å²) in [6.45, 7) is 6.76. The highest BCUT2D eigenvalue weighted by atomic mass is 32.2. The van der Waals surface area contributed by atoms with E-state index in [4.69, 9.17) is 19.4 Å². The lowest BCUT2D eigenvalue weighted by Crippen LogP contribution is -2.44. The van der Waals surface area contributed by atoms with Gasteiger partial charge in [0.05, 0.1) is 29.8 Å². The van der Waals surface area contributed by atoms with Gasteiger partial charge in [0.1, 0.15) is 22.1 Å². The molecule has 0 radical (unpaired) electrons. The SMILES string of the molecule is C[C@H]1COCCN1c1cc(C(C)(C)S(=O)(=O)c2ccc(F)cc2)nc(-c2ccc(NC(=O)Oc3ccccc3)cc2)n1. The van der Waals surface area contributed by atoms with Crippen LogP contribution in [-0.4, -0.2) is 50.3 Å². The Labute approximate surface area is 244 Å². The fourth-order valence-electron chi connectivity index (χ4n) is 4.57. The van der Waals surface area contributed by atoms with Crippen molar-refractivity contribution in [1.82, 2.24) is 9.97 Å². The van der Waals surface area contributed by atoms with Crippen LogP contribution in [-0.2, 0) is 19.3 Å². The second-order valence-corrected chi connectivity index (χ2v) is 12.9. The molecule has 42 heavy (non-hydrogen) atoms. The summed E-state index contributed by atoms with van der Waals surface area (Å²) >= 11 is 0. The van der Waals surface area contributed by atoms with E-state index in [-0.39, 0.29) is 10.9 Å². The van der Waals surface area contributed by atoms with Gasteiger partial charge < -0.3 is 14.4 Å². The van der Waals surface area contributed by atoms with Crippen LogP contribution in [0.3, 0.4) is 0 Å². The van der Waals surface area contributed by atoms with Crippen molar-refractivity contribution in [3.63, 3.8) is 0 Å². The van der Waals surface area contributed by atoms with Crippen LogP contribution in [0.15, 0.2) is 89.8 Å². The summed E-state index contributed by atoms with van der Waals surface area (Å²) in [7, 11) is -3.98. The van der Waals surface area contributed by atoms with Crippen molar-refractivity contribution in [2.45, 2.75) is 36.5 Å². The fraction of sp³-hybridized carbons (Fsp3) is 0.258. The first-order valence-electron chi connectivity index (χ1n) is 13.4. The van der Waals surface area contributed by atoms with E-state index < -0.39 is 26.5 Å². The van der Waals surface area contributed by atoms with Crippen LogP contribution < -0.4 is 15.0 Å². The normalized spacial score (nSPS) is 15.7. The molecule has 0 unspecified atom stereocenters. The molecule has 0 spiro atoms. The number of anilines is 2. The fourth-order valence-corrected chi connectivity index (χ4v) is 6.04.